The summed E-state index contributed by atoms with van der Waals surface area (Å²) in [5.41, 5.74) is 2.10. The second-order valence-corrected chi connectivity index (χ2v) is 8.83. The van der Waals surface area contributed by atoms with Crippen molar-refractivity contribution in [3.63, 3.8) is 0 Å². The van der Waals surface area contributed by atoms with Crippen molar-refractivity contribution in [1.29, 1.82) is 0 Å². The van der Waals surface area contributed by atoms with Crippen molar-refractivity contribution in [3.05, 3.63) is 66.1 Å². The lowest BCUT2D eigenvalue weighted by Crippen LogP contribution is -2.49. The predicted octanol–water partition coefficient (Wildman–Crippen LogP) is 4.21. The Labute approximate surface area is 203 Å². The Kier molecular flexibility index (Phi) is 5.77. The van der Waals surface area contributed by atoms with Crippen molar-refractivity contribution in [3.8, 4) is 17.2 Å². The molecule has 1 aliphatic rings. The van der Waals surface area contributed by atoms with E-state index >= 15 is 0 Å². The molecule has 2 N–H and O–H groups in total. The minimum atomic E-state index is -4.62. The van der Waals surface area contributed by atoms with E-state index in [1.165, 1.54) is 0 Å². The molecule has 1 fully saturated rings. The van der Waals surface area contributed by atoms with Crippen LogP contribution in [0.2, 0.25) is 0 Å². The number of carbonyl (C=O) groups is 2. The number of alkyl halides is 3. The minimum absolute atomic E-state index is 0.166. The Morgan fingerprint density at radius 1 is 1.11 bits per heavy atom. The molecule has 0 saturated heterocycles. The van der Waals surface area contributed by atoms with Crippen molar-refractivity contribution in [2.24, 2.45) is 0 Å². The summed E-state index contributed by atoms with van der Waals surface area (Å²) in [6, 6.07) is 17.3. The predicted molar refractivity (Wildman–Crippen MR) is 124 cm³/mol. The van der Waals surface area contributed by atoms with Gasteiger partial charge in [-0.2, -0.15) is 18.2 Å². The molecule has 0 spiro atoms. The van der Waals surface area contributed by atoms with Crippen LogP contribution in [0.3, 0.4) is 0 Å². The van der Waals surface area contributed by atoms with Gasteiger partial charge >= 0.3 is 6.18 Å². The van der Waals surface area contributed by atoms with Gasteiger partial charge in [-0.05, 0) is 42.7 Å². The van der Waals surface area contributed by atoms with Crippen LogP contribution in [0.15, 0.2) is 59.1 Å². The number of rotatable bonds is 7. The van der Waals surface area contributed by atoms with Crippen LogP contribution in [0.5, 0.6) is 0 Å². The number of carbonyl (C=O) groups excluding carboxylic acids is 2. The number of hydrogen-bond acceptors (Lipinski definition) is 5. The van der Waals surface area contributed by atoms with Gasteiger partial charge < -0.3 is 19.7 Å². The van der Waals surface area contributed by atoms with Gasteiger partial charge in [-0.1, -0.05) is 35.5 Å². The van der Waals surface area contributed by atoms with E-state index in [0.717, 1.165) is 27.8 Å². The van der Waals surface area contributed by atoms with Crippen LogP contribution in [0.25, 0.3) is 28.1 Å². The zero-order valence-electron chi connectivity index (χ0n) is 19.2. The number of para-hydroxylation sites is 1. The Morgan fingerprint density at radius 3 is 2.47 bits per heavy atom. The Morgan fingerprint density at radius 2 is 1.83 bits per heavy atom. The number of halogens is 3. The molecule has 0 radical (unpaired) electrons. The molecule has 36 heavy (non-hydrogen) atoms. The van der Waals surface area contributed by atoms with Gasteiger partial charge in [0, 0.05) is 24.5 Å². The molecule has 8 nitrogen and oxygen atoms in total. The van der Waals surface area contributed by atoms with Crippen LogP contribution in [-0.2, 0) is 16.1 Å². The highest BCUT2D eigenvalue weighted by atomic mass is 19.4. The zero-order valence-corrected chi connectivity index (χ0v) is 19.2. The van der Waals surface area contributed by atoms with Crippen LogP contribution >= 0.6 is 0 Å². The Hall–Kier alpha value is -4.15. The van der Waals surface area contributed by atoms with Crippen LogP contribution in [0.1, 0.15) is 30.7 Å². The summed E-state index contributed by atoms with van der Waals surface area (Å²) in [6.07, 6.45) is -5.62. The standard InChI is InChI=1S/C25H22F3N5O3/c1-15-30-22(32-36-15)20-12-17-4-2-3-5-19(17)33(20)18-8-6-16(7-9-18)14-29-23(35)24(10-11-24)31-21(34)13-25(26,27)28/h2-9,12H,10-11,13-14H2,1H3,(H,29,35)(H,31,34). The quantitative estimate of drug-likeness (QED) is 0.398. The van der Waals surface area contributed by atoms with Crippen LogP contribution in [-0.4, -0.2) is 38.2 Å². The minimum Gasteiger partial charge on any atom is -0.350 e. The molecular weight excluding hydrogens is 475 g/mol. The molecule has 0 atom stereocenters. The third kappa shape index (κ3) is 4.81. The van der Waals surface area contributed by atoms with Crippen molar-refractivity contribution < 1.29 is 27.3 Å². The SMILES string of the molecule is Cc1nc(-c2cc3ccccc3n2-c2ccc(CNC(=O)C3(NC(=O)CC(F)(F)F)CC3)cc2)no1. The van der Waals surface area contributed by atoms with Crippen molar-refractivity contribution in [2.75, 3.05) is 0 Å². The van der Waals surface area contributed by atoms with Gasteiger partial charge in [0.25, 0.3) is 0 Å². The second-order valence-electron chi connectivity index (χ2n) is 8.83. The molecule has 1 aliphatic carbocycles. The van der Waals surface area contributed by atoms with Gasteiger partial charge in [0.05, 0.1) is 11.2 Å². The number of nitrogens with zero attached hydrogens (tertiary/aromatic N) is 3. The molecule has 2 amide bonds. The normalized spacial score (nSPS) is 14.6. The maximum Gasteiger partial charge on any atom is 0.397 e. The molecule has 0 bridgehead atoms. The highest BCUT2D eigenvalue weighted by Gasteiger charge is 2.51. The smallest absolute Gasteiger partial charge is 0.350 e. The number of aromatic nitrogens is 3. The largest absolute Gasteiger partial charge is 0.397 e. The van der Waals surface area contributed by atoms with E-state index in [0.29, 0.717) is 24.6 Å². The first-order valence-corrected chi connectivity index (χ1v) is 11.3. The highest BCUT2D eigenvalue weighted by molar-refractivity contribution is 5.94. The highest BCUT2D eigenvalue weighted by Crippen LogP contribution is 2.36. The number of aryl methyl sites for hydroxylation is 1. The van der Waals surface area contributed by atoms with Gasteiger partial charge in [0.15, 0.2) is 0 Å². The fourth-order valence-corrected chi connectivity index (χ4v) is 4.14. The van der Waals surface area contributed by atoms with Gasteiger partial charge in [-0.15, -0.1) is 0 Å². The third-order valence-corrected chi connectivity index (χ3v) is 6.04. The van der Waals surface area contributed by atoms with Crippen LogP contribution in [0, 0.1) is 6.92 Å². The van der Waals surface area contributed by atoms with Crippen molar-refractivity contribution >= 4 is 22.7 Å². The molecule has 4 aromatic rings. The summed E-state index contributed by atoms with van der Waals surface area (Å²) in [4.78, 5) is 28.6. The van der Waals surface area contributed by atoms with E-state index < -0.39 is 30.0 Å². The summed E-state index contributed by atoms with van der Waals surface area (Å²) < 4.78 is 44.5. The van der Waals surface area contributed by atoms with Crippen LogP contribution in [0.4, 0.5) is 13.2 Å². The maximum absolute atomic E-state index is 12.6. The summed E-state index contributed by atoms with van der Waals surface area (Å²) in [5, 5.41) is 10.0. The first-order valence-electron chi connectivity index (χ1n) is 11.3. The number of hydrogen-bond donors (Lipinski definition) is 2. The topological polar surface area (TPSA) is 102 Å². The van der Waals surface area contributed by atoms with E-state index in [2.05, 4.69) is 20.8 Å². The summed E-state index contributed by atoms with van der Waals surface area (Å²) in [7, 11) is 0. The van der Waals surface area contributed by atoms with Gasteiger partial charge in [-0.3, -0.25) is 9.59 Å². The molecule has 11 heteroatoms. The van der Waals surface area contributed by atoms with Gasteiger partial charge in [0.2, 0.25) is 23.5 Å². The first kappa shape index (κ1) is 23.6. The zero-order chi connectivity index (χ0) is 25.5. The monoisotopic (exact) mass is 497 g/mol. The molecule has 2 aromatic carbocycles. The molecule has 2 heterocycles. The Bertz CT molecular complexity index is 1440. The van der Waals surface area contributed by atoms with Gasteiger partial charge in [0.1, 0.15) is 12.0 Å². The molecule has 2 aromatic heterocycles. The van der Waals surface area contributed by atoms with Crippen molar-refractivity contribution in [1.82, 2.24) is 25.3 Å². The lowest BCUT2D eigenvalue weighted by atomic mass is 10.1. The fourth-order valence-electron chi connectivity index (χ4n) is 4.14. The van der Waals surface area contributed by atoms with Crippen LogP contribution < -0.4 is 10.6 Å². The molecule has 186 valence electrons. The number of nitrogens with one attached hydrogen (secondary N) is 2. The lowest BCUT2D eigenvalue weighted by molar-refractivity contribution is -0.155. The fraction of sp³-hybridized carbons (Fsp3) is 0.280. The molecule has 1 saturated carbocycles. The summed E-state index contributed by atoms with van der Waals surface area (Å²) >= 11 is 0. The Balaban J connectivity index is 1.31. The lowest BCUT2D eigenvalue weighted by Gasteiger charge is -2.18. The van der Waals surface area contributed by atoms with E-state index in [1.54, 1.807) is 6.92 Å². The summed E-state index contributed by atoms with van der Waals surface area (Å²) in [6.45, 7) is 1.89. The average molecular weight is 497 g/mol. The van der Waals surface area contributed by atoms with E-state index in [4.69, 9.17) is 4.52 Å². The molecule has 0 unspecified atom stereocenters. The number of fused-ring (bicyclic) bond motifs is 1. The molecule has 0 aliphatic heterocycles. The third-order valence-electron chi connectivity index (χ3n) is 6.04. The average Bonchev–Trinajstić information content (AvgIpc) is 3.30. The van der Waals surface area contributed by atoms with E-state index in [1.807, 2.05) is 59.2 Å². The van der Waals surface area contributed by atoms with Crippen molar-refractivity contribution in [2.45, 2.75) is 44.4 Å². The summed E-state index contributed by atoms with van der Waals surface area (Å²) in [5.74, 6) is -0.780. The number of amides is 2. The second kappa shape index (κ2) is 8.81. The maximum atomic E-state index is 12.6. The van der Waals surface area contributed by atoms with Gasteiger partial charge in [-0.25, -0.2) is 0 Å². The first-order chi connectivity index (χ1) is 17.1. The van der Waals surface area contributed by atoms with E-state index in [-0.39, 0.29) is 6.54 Å². The molecular formula is C25H22F3N5O3. The van der Waals surface area contributed by atoms with E-state index in [9.17, 15) is 22.8 Å². The molecule has 5 rings (SSSR count). The number of benzene rings is 2.